The van der Waals surface area contributed by atoms with E-state index in [1.54, 1.807) is 0 Å². The molecule has 9 aromatic rings. The molecule has 0 amide bonds. The maximum atomic E-state index is 2.34. The summed E-state index contributed by atoms with van der Waals surface area (Å²) < 4.78 is 0. The minimum absolute atomic E-state index is 1.08. The number of benzene rings is 9. The van der Waals surface area contributed by atoms with Crippen molar-refractivity contribution < 1.29 is 0 Å². The van der Waals surface area contributed by atoms with E-state index in [4.69, 9.17) is 0 Å². The van der Waals surface area contributed by atoms with E-state index in [0.717, 1.165) is 33.8 Å². The monoisotopic (exact) mass is 779 g/mol. The van der Waals surface area contributed by atoms with Crippen LogP contribution in [-0.2, 0) is 0 Å². The van der Waals surface area contributed by atoms with Crippen molar-refractivity contribution >= 4 is 52.0 Å². The molecule has 0 bridgehead atoms. The number of nitrogens with zero attached hydrogens (tertiary/aromatic N) is 1. The Balaban J connectivity index is 1.10. The molecule has 0 atom stereocenters. The van der Waals surface area contributed by atoms with Crippen LogP contribution in [-0.4, -0.2) is 0 Å². The van der Waals surface area contributed by atoms with Crippen molar-refractivity contribution in [3.8, 4) is 0 Å². The molecule has 0 aliphatic rings. The summed E-state index contributed by atoms with van der Waals surface area (Å²) in [5.74, 6) is 0. The molecule has 1 nitrogen and oxygen atoms in total. The fourth-order valence-electron chi connectivity index (χ4n) is 7.81. The van der Waals surface area contributed by atoms with Gasteiger partial charge in [-0.25, -0.2) is 0 Å². The van der Waals surface area contributed by atoms with Crippen LogP contribution in [0.1, 0.15) is 50.1 Å². The second-order valence-electron chi connectivity index (χ2n) is 15.0. The molecule has 0 aliphatic heterocycles. The number of hydrogen-bond donors (Lipinski definition) is 0. The molecule has 61 heavy (non-hydrogen) atoms. The first-order valence-electron chi connectivity index (χ1n) is 20.8. The van der Waals surface area contributed by atoms with Gasteiger partial charge in [0.25, 0.3) is 0 Å². The van der Waals surface area contributed by atoms with Crippen molar-refractivity contribution in [3.05, 3.63) is 305 Å². The van der Waals surface area contributed by atoms with Crippen LogP contribution >= 0.6 is 0 Å². The van der Waals surface area contributed by atoms with Crippen LogP contribution < -0.4 is 4.90 Å². The lowest BCUT2D eigenvalue weighted by atomic mass is 9.95. The van der Waals surface area contributed by atoms with E-state index in [1.165, 1.54) is 50.1 Å². The highest BCUT2D eigenvalue weighted by Gasteiger charge is 2.14. The molecular formula is C60H45N. The Bertz CT molecular complexity index is 2410. The predicted molar refractivity (Wildman–Crippen MR) is 261 cm³/mol. The number of anilines is 3. The SMILES string of the molecule is C(=C(c1ccccc1)c1ccccc1)c1ccc(N(c2ccc(C=C(c3ccccc3)c3ccccc3)cc2)c2ccc(C=C(c3ccccc3)c3ccccc3)cc2)cc1. The quantitative estimate of drug-likeness (QED) is 0.112. The first-order valence-corrected chi connectivity index (χ1v) is 20.8. The molecule has 0 radical (unpaired) electrons. The maximum Gasteiger partial charge on any atom is 0.0462 e. The lowest BCUT2D eigenvalue weighted by molar-refractivity contribution is 1.28. The van der Waals surface area contributed by atoms with Gasteiger partial charge < -0.3 is 4.90 Å². The minimum atomic E-state index is 1.08. The lowest BCUT2D eigenvalue weighted by Crippen LogP contribution is -2.09. The largest absolute Gasteiger partial charge is 0.311 e. The van der Waals surface area contributed by atoms with Gasteiger partial charge in [0, 0.05) is 17.1 Å². The van der Waals surface area contributed by atoms with Gasteiger partial charge in [-0.3, -0.25) is 0 Å². The van der Waals surface area contributed by atoms with E-state index in [0.29, 0.717) is 0 Å². The first-order chi connectivity index (χ1) is 30.2. The Labute approximate surface area is 360 Å². The molecule has 290 valence electrons. The van der Waals surface area contributed by atoms with Gasteiger partial charge in [-0.1, -0.05) is 218 Å². The van der Waals surface area contributed by atoms with Crippen LogP contribution in [0.3, 0.4) is 0 Å². The summed E-state index contributed by atoms with van der Waals surface area (Å²) in [6.07, 6.45) is 6.86. The molecule has 0 spiro atoms. The van der Waals surface area contributed by atoms with Crippen LogP contribution in [0.4, 0.5) is 17.1 Å². The number of hydrogen-bond acceptors (Lipinski definition) is 1. The lowest BCUT2D eigenvalue weighted by Gasteiger charge is -2.26. The van der Waals surface area contributed by atoms with E-state index in [9.17, 15) is 0 Å². The summed E-state index contributed by atoms with van der Waals surface area (Å²) in [4.78, 5) is 2.34. The number of rotatable bonds is 12. The Morgan fingerprint density at radius 2 is 0.393 bits per heavy atom. The summed E-state index contributed by atoms with van der Waals surface area (Å²) in [6, 6.07) is 90.5. The molecule has 0 fully saturated rings. The van der Waals surface area contributed by atoms with Gasteiger partial charge in [0.2, 0.25) is 0 Å². The van der Waals surface area contributed by atoms with Crippen LogP contribution in [0, 0.1) is 0 Å². The van der Waals surface area contributed by atoms with E-state index in [2.05, 4.69) is 278 Å². The van der Waals surface area contributed by atoms with Gasteiger partial charge in [-0.05, 0) is 121 Å². The Kier molecular flexibility index (Phi) is 11.8. The third-order valence-corrected chi connectivity index (χ3v) is 10.9. The fourth-order valence-corrected chi connectivity index (χ4v) is 7.81. The van der Waals surface area contributed by atoms with E-state index < -0.39 is 0 Å². The van der Waals surface area contributed by atoms with Crippen molar-refractivity contribution in [2.24, 2.45) is 0 Å². The van der Waals surface area contributed by atoms with Crippen molar-refractivity contribution in [2.45, 2.75) is 0 Å². The smallest absolute Gasteiger partial charge is 0.0462 e. The van der Waals surface area contributed by atoms with Crippen LogP contribution in [0.5, 0.6) is 0 Å². The zero-order valence-corrected chi connectivity index (χ0v) is 33.9. The highest BCUT2D eigenvalue weighted by Crippen LogP contribution is 2.37. The van der Waals surface area contributed by atoms with Gasteiger partial charge in [0.15, 0.2) is 0 Å². The second kappa shape index (κ2) is 18.7. The summed E-state index contributed by atoms with van der Waals surface area (Å²) in [6.45, 7) is 0. The molecule has 0 heterocycles. The van der Waals surface area contributed by atoms with Gasteiger partial charge in [0.1, 0.15) is 0 Å². The highest BCUT2D eigenvalue weighted by atomic mass is 15.1. The molecule has 9 rings (SSSR count). The minimum Gasteiger partial charge on any atom is -0.311 e. The molecule has 0 aromatic heterocycles. The molecular weight excluding hydrogens is 735 g/mol. The fraction of sp³-hybridized carbons (Fsp3) is 0. The van der Waals surface area contributed by atoms with Gasteiger partial charge in [-0.15, -0.1) is 0 Å². The average molecular weight is 780 g/mol. The molecule has 0 aliphatic carbocycles. The molecule has 0 N–H and O–H groups in total. The molecule has 9 aromatic carbocycles. The van der Waals surface area contributed by atoms with Gasteiger partial charge >= 0.3 is 0 Å². The predicted octanol–water partition coefficient (Wildman–Crippen LogP) is 15.9. The van der Waals surface area contributed by atoms with Crippen molar-refractivity contribution in [1.82, 2.24) is 0 Å². The summed E-state index contributed by atoms with van der Waals surface area (Å²) >= 11 is 0. The standard InChI is InChI=1S/C60H45N/c1-7-19-49(20-8-1)58(50-21-9-2-10-22-50)43-46-31-37-55(38-32-46)61(56-39-33-47(34-40-56)44-59(51-23-11-3-12-24-51)52-25-13-4-14-26-52)57-41-35-48(36-42-57)45-60(53-27-15-5-16-28-53)54-29-17-6-18-30-54/h1-45H. The first kappa shape index (κ1) is 38.5. The summed E-state index contributed by atoms with van der Waals surface area (Å²) in [5.41, 5.74) is 17.3. The van der Waals surface area contributed by atoms with Crippen molar-refractivity contribution in [1.29, 1.82) is 0 Å². The van der Waals surface area contributed by atoms with E-state index in [1.807, 2.05) is 0 Å². The topological polar surface area (TPSA) is 3.24 Å². The Morgan fingerprint density at radius 3 is 0.574 bits per heavy atom. The molecule has 0 saturated carbocycles. The molecule has 0 saturated heterocycles. The molecule has 0 unspecified atom stereocenters. The van der Waals surface area contributed by atoms with Crippen LogP contribution in [0.15, 0.2) is 255 Å². The molecule has 1 heteroatoms. The van der Waals surface area contributed by atoms with Crippen molar-refractivity contribution in [2.75, 3.05) is 4.90 Å². The third kappa shape index (κ3) is 9.34. The Morgan fingerprint density at radius 1 is 0.213 bits per heavy atom. The summed E-state index contributed by atoms with van der Waals surface area (Å²) in [5, 5.41) is 0. The van der Waals surface area contributed by atoms with Crippen LogP contribution in [0.25, 0.3) is 34.9 Å². The Hall–Kier alpha value is -8.00. The third-order valence-electron chi connectivity index (χ3n) is 10.9. The van der Waals surface area contributed by atoms with Crippen LogP contribution in [0.2, 0.25) is 0 Å². The average Bonchev–Trinajstić information content (AvgIpc) is 3.35. The highest BCUT2D eigenvalue weighted by molar-refractivity contribution is 5.94. The van der Waals surface area contributed by atoms with Crippen molar-refractivity contribution in [3.63, 3.8) is 0 Å². The maximum absolute atomic E-state index is 2.34. The van der Waals surface area contributed by atoms with Gasteiger partial charge in [-0.2, -0.15) is 0 Å². The van der Waals surface area contributed by atoms with E-state index >= 15 is 0 Å². The summed E-state index contributed by atoms with van der Waals surface area (Å²) in [7, 11) is 0. The zero-order valence-electron chi connectivity index (χ0n) is 33.9. The normalized spacial score (nSPS) is 10.6. The second-order valence-corrected chi connectivity index (χ2v) is 15.0. The van der Waals surface area contributed by atoms with E-state index in [-0.39, 0.29) is 0 Å². The zero-order chi connectivity index (χ0) is 41.1. The van der Waals surface area contributed by atoms with Gasteiger partial charge in [0.05, 0.1) is 0 Å².